The van der Waals surface area contributed by atoms with E-state index in [1.807, 2.05) is 0 Å². The summed E-state index contributed by atoms with van der Waals surface area (Å²) in [4.78, 5) is 46.9. The van der Waals surface area contributed by atoms with Gasteiger partial charge in [0.25, 0.3) is 5.91 Å². The minimum absolute atomic E-state index is 0.298. The van der Waals surface area contributed by atoms with Crippen molar-refractivity contribution in [2.45, 2.75) is 51.4 Å². The molecule has 0 unspecified atom stereocenters. The first-order valence-electron chi connectivity index (χ1n) is 8.86. The fraction of sp³-hybridized carbons (Fsp3) is 0.474. The highest BCUT2D eigenvalue weighted by atomic mass is 16.7. The fourth-order valence-electron chi connectivity index (χ4n) is 2.90. The third-order valence-corrected chi connectivity index (χ3v) is 4.05. The van der Waals surface area contributed by atoms with Crippen LogP contribution in [0.3, 0.4) is 0 Å². The van der Waals surface area contributed by atoms with Gasteiger partial charge >= 0.3 is 17.9 Å². The molecule has 1 aromatic carbocycles. The molecule has 2 N–H and O–H groups in total. The molecule has 0 bridgehead atoms. The molecule has 1 aliphatic heterocycles. The predicted molar refractivity (Wildman–Crippen MR) is 96.3 cm³/mol. The number of nitrogens with one attached hydrogen (secondary N) is 1. The maximum Gasteiger partial charge on any atom is 0.303 e. The number of amides is 1. The van der Waals surface area contributed by atoms with Crippen LogP contribution in [0.4, 0.5) is 0 Å². The second kappa shape index (κ2) is 9.99. The molecule has 10 nitrogen and oxygen atoms in total. The Labute approximate surface area is 167 Å². The number of carbonyl (C=O) groups is 4. The summed E-state index contributed by atoms with van der Waals surface area (Å²) in [6, 6.07) is 6.91. The van der Waals surface area contributed by atoms with Crippen LogP contribution in [0.1, 0.15) is 31.1 Å². The maximum absolute atomic E-state index is 12.5. The topological polar surface area (TPSA) is 137 Å². The number of carbonyl (C=O) groups excluding carboxylic acids is 4. The Morgan fingerprint density at radius 1 is 0.966 bits per heavy atom. The molecule has 2 rings (SSSR count). The van der Waals surface area contributed by atoms with Crippen molar-refractivity contribution in [3.63, 3.8) is 0 Å². The summed E-state index contributed by atoms with van der Waals surface area (Å²) < 4.78 is 20.8. The van der Waals surface area contributed by atoms with Gasteiger partial charge in [-0.15, -0.1) is 0 Å². The molecule has 1 fully saturated rings. The van der Waals surface area contributed by atoms with E-state index >= 15 is 0 Å². The second-order valence-corrected chi connectivity index (χ2v) is 6.38. The number of aliphatic hydroxyl groups is 1. The van der Waals surface area contributed by atoms with Gasteiger partial charge in [0.05, 0.1) is 0 Å². The lowest BCUT2D eigenvalue weighted by Crippen LogP contribution is -2.66. The summed E-state index contributed by atoms with van der Waals surface area (Å²) in [5.41, 5.74) is 0.298. The average Bonchev–Trinajstić information content (AvgIpc) is 2.65. The Balaban J connectivity index is 2.30. The third-order valence-electron chi connectivity index (χ3n) is 4.05. The molecule has 158 valence electrons. The van der Waals surface area contributed by atoms with E-state index in [1.54, 1.807) is 30.3 Å². The van der Waals surface area contributed by atoms with Crippen molar-refractivity contribution in [1.82, 2.24) is 5.32 Å². The van der Waals surface area contributed by atoms with Gasteiger partial charge in [0.2, 0.25) is 0 Å². The molecule has 1 heterocycles. The SMILES string of the molecule is CC(=O)OC[C@@H]1O[C@H](O)[C@H](NC(=O)c2ccccc2)[C@@H](OC(C)=O)[C@@H]1OC(C)=O. The van der Waals surface area contributed by atoms with E-state index < -0.39 is 54.5 Å². The normalized spacial score (nSPS) is 26.1. The molecule has 10 heteroatoms. The minimum Gasteiger partial charge on any atom is -0.463 e. The van der Waals surface area contributed by atoms with E-state index in [4.69, 9.17) is 18.9 Å². The number of ether oxygens (including phenoxy) is 4. The van der Waals surface area contributed by atoms with Crippen LogP contribution in [0.5, 0.6) is 0 Å². The Kier molecular flexibility index (Phi) is 7.68. The summed E-state index contributed by atoms with van der Waals surface area (Å²) in [6.07, 6.45) is -5.26. The molecule has 1 aromatic rings. The first kappa shape index (κ1) is 22.3. The zero-order valence-electron chi connectivity index (χ0n) is 16.2. The number of benzene rings is 1. The molecule has 0 saturated carbocycles. The van der Waals surface area contributed by atoms with Crippen molar-refractivity contribution in [3.05, 3.63) is 35.9 Å². The van der Waals surface area contributed by atoms with Crippen LogP contribution in [0, 0.1) is 0 Å². The lowest BCUT2D eigenvalue weighted by molar-refractivity contribution is -0.263. The van der Waals surface area contributed by atoms with Gasteiger partial charge in [-0.05, 0) is 12.1 Å². The number of hydrogen-bond acceptors (Lipinski definition) is 9. The lowest BCUT2D eigenvalue weighted by atomic mass is 9.96. The molecular weight excluding hydrogens is 386 g/mol. The van der Waals surface area contributed by atoms with Gasteiger partial charge in [-0.2, -0.15) is 0 Å². The van der Waals surface area contributed by atoms with Crippen LogP contribution in [0.25, 0.3) is 0 Å². The van der Waals surface area contributed by atoms with Crippen LogP contribution >= 0.6 is 0 Å². The predicted octanol–water partition coefficient (Wildman–Crippen LogP) is -0.0713. The van der Waals surface area contributed by atoms with Gasteiger partial charge in [-0.25, -0.2) is 0 Å². The van der Waals surface area contributed by atoms with E-state index in [1.165, 1.54) is 6.92 Å². The monoisotopic (exact) mass is 409 g/mol. The zero-order chi connectivity index (χ0) is 21.6. The van der Waals surface area contributed by atoms with E-state index in [2.05, 4.69) is 5.32 Å². The number of hydrogen-bond donors (Lipinski definition) is 2. The van der Waals surface area contributed by atoms with Crippen molar-refractivity contribution in [1.29, 1.82) is 0 Å². The van der Waals surface area contributed by atoms with Crippen molar-refractivity contribution in [2.24, 2.45) is 0 Å². The molecule has 1 saturated heterocycles. The molecule has 1 aliphatic rings. The standard InChI is InChI=1S/C19H23NO9/c1-10(21)26-9-14-16(27-11(2)22)17(28-12(3)23)15(19(25)29-14)20-18(24)13-7-5-4-6-8-13/h4-8,14-17,19,25H,9H2,1-3H3,(H,20,24)/t14-,15+,16+,17+,19-/m0/s1. The Hall–Kier alpha value is -2.98. The fourth-order valence-corrected chi connectivity index (χ4v) is 2.90. The van der Waals surface area contributed by atoms with E-state index in [0.29, 0.717) is 5.56 Å². The van der Waals surface area contributed by atoms with E-state index in [-0.39, 0.29) is 6.61 Å². The van der Waals surface area contributed by atoms with E-state index in [0.717, 1.165) is 13.8 Å². The van der Waals surface area contributed by atoms with Gasteiger partial charge in [0.15, 0.2) is 18.5 Å². The lowest BCUT2D eigenvalue weighted by Gasteiger charge is -2.43. The Morgan fingerprint density at radius 3 is 2.10 bits per heavy atom. The molecule has 5 atom stereocenters. The average molecular weight is 409 g/mol. The van der Waals surface area contributed by atoms with Gasteiger partial charge in [0.1, 0.15) is 18.8 Å². The molecule has 29 heavy (non-hydrogen) atoms. The highest BCUT2D eigenvalue weighted by Gasteiger charge is 2.50. The first-order valence-corrected chi connectivity index (χ1v) is 8.86. The van der Waals surface area contributed by atoms with Gasteiger partial charge < -0.3 is 29.4 Å². The molecule has 0 radical (unpaired) electrons. The zero-order valence-corrected chi connectivity index (χ0v) is 16.2. The molecule has 0 spiro atoms. The van der Waals surface area contributed by atoms with E-state index in [9.17, 15) is 24.3 Å². The van der Waals surface area contributed by atoms with Crippen LogP contribution in [0.2, 0.25) is 0 Å². The minimum atomic E-state index is -1.63. The molecule has 1 amide bonds. The Bertz CT molecular complexity index is 751. The van der Waals surface area contributed by atoms with Gasteiger partial charge in [-0.1, -0.05) is 18.2 Å². The van der Waals surface area contributed by atoms with Crippen LogP contribution in [-0.2, 0) is 33.3 Å². The molecular formula is C19H23NO9. The number of aliphatic hydroxyl groups excluding tert-OH is 1. The summed E-state index contributed by atoms with van der Waals surface area (Å²) in [5, 5.41) is 13.0. The maximum atomic E-state index is 12.5. The highest BCUT2D eigenvalue weighted by Crippen LogP contribution is 2.26. The molecule has 0 aliphatic carbocycles. The largest absolute Gasteiger partial charge is 0.463 e. The third kappa shape index (κ3) is 6.26. The van der Waals surface area contributed by atoms with Gasteiger partial charge in [0, 0.05) is 26.3 Å². The number of rotatable bonds is 6. The van der Waals surface area contributed by atoms with Crippen molar-refractivity contribution < 1.29 is 43.2 Å². The second-order valence-electron chi connectivity index (χ2n) is 6.38. The summed E-state index contributed by atoms with van der Waals surface area (Å²) in [5.74, 6) is -2.62. The quantitative estimate of drug-likeness (QED) is 0.488. The smallest absolute Gasteiger partial charge is 0.303 e. The first-order chi connectivity index (χ1) is 13.7. The summed E-state index contributed by atoms with van der Waals surface area (Å²) in [6.45, 7) is 3.08. The van der Waals surface area contributed by atoms with Crippen molar-refractivity contribution in [3.8, 4) is 0 Å². The summed E-state index contributed by atoms with van der Waals surface area (Å²) in [7, 11) is 0. The Morgan fingerprint density at radius 2 is 1.55 bits per heavy atom. The molecule has 0 aromatic heterocycles. The van der Waals surface area contributed by atoms with Crippen molar-refractivity contribution >= 4 is 23.8 Å². The van der Waals surface area contributed by atoms with Gasteiger partial charge in [-0.3, -0.25) is 19.2 Å². The summed E-state index contributed by atoms with van der Waals surface area (Å²) >= 11 is 0. The highest BCUT2D eigenvalue weighted by molar-refractivity contribution is 5.94. The van der Waals surface area contributed by atoms with Crippen LogP contribution < -0.4 is 5.32 Å². The van der Waals surface area contributed by atoms with Crippen LogP contribution in [0.15, 0.2) is 30.3 Å². The number of esters is 3. The van der Waals surface area contributed by atoms with Crippen molar-refractivity contribution in [2.75, 3.05) is 6.61 Å². The van der Waals surface area contributed by atoms with Crippen LogP contribution in [-0.4, -0.2) is 66.2 Å².